The molecule has 0 aromatic heterocycles. The molecule has 1 atom stereocenters. The van der Waals surface area contributed by atoms with Crippen molar-refractivity contribution in [3.05, 3.63) is 35.5 Å². The quantitative estimate of drug-likeness (QED) is 0.507. The first-order chi connectivity index (χ1) is 5.86. The van der Waals surface area contributed by atoms with Crippen molar-refractivity contribution in [3.63, 3.8) is 0 Å². The van der Waals surface area contributed by atoms with Gasteiger partial charge in [0.15, 0.2) is 0 Å². The summed E-state index contributed by atoms with van der Waals surface area (Å²) in [6, 6.07) is 0. The Morgan fingerprint density at radius 2 is 1.92 bits per heavy atom. The summed E-state index contributed by atoms with van der Waals surface area (Å²) < 4.78 is 0. The molecule has 0 N–H and O–H groups in total. The molecule has 0 amide bonds. The second kappa shape index (κ2) is 3.30. The Hall–Kier alpha value is -0.780. The summed E-state index contributed by atoms with van der Waals surface area (Å²) in [6.07, 6.45) is 14.3. The van der Waals surface area contributed by atoms with Crippen molar-refractivity contribution in [2.45, 2.75) is 32.6 Å². The van der Waals surface area contributed by atoms with Crippen LogP contribution in [0, 0.1) is 5.92 Å². The lowest BCUT2D eigenvalue weighted by Gasteiger charge is -2.20. The fourth-order valence-corrected chi connectivity index (χ4v) is 2.04. The lowest BCUT2D eigenvalue weighted by molar-refractivity contribution is 0.507. The highest BCUT2D eigenvalue weighted by atomic mass is 14.2. The van der Waals surface area contributed by atoms with Gasteiger partial charge in [0.05, 0.1) is 0 Å². The van der Waals surface area contributed by atoms with Crippen molar-refractivity contribution in [3.8, 4) is 0 Å². The smallest absolute Gasteiger partial charge is 0.0163 e. The average molecular weight is 160 g/mol. The molecule has 0 saturated carbocycles. The Kier molecular flexibility index (Phi) is 2.16. The predicted molar refractivity (Wildman–Crippen MR) is 52.9 cm³/mol. The summed E-state index contributed by atoms with van der Waals surface area (Å²) >= 11 is 0. The highest BCUT2D eigenvalue weighted by Crippen LogP contribution is 2.31. The molecule has 64 valence electrons. The van der Waals surface area contributed by atoms with Gasteiger partial charge in [-0.25, -0.2) is 0 Å². The zero-order chi connectivity index (χ0) is 8.39. The standard InChI is InChI=1S/C12H16/c1-10-7-8-11-5-3-2-4-6-12(11)9-10/h3-6,10H,2,7-9H2,1H3. The molecular weight excluding hydrogens is 144 g/mol. The molecule has 1 unspecified atom stereocenters. The molecule has 0 aliphatic heterocycles. The first-order valence-corrected chi connectivity index (χ1v) is 4.91. The predicted octanol–water partition coefficient (Wildman–Crippen LogP) is 3.62. The Morgan fingerprint density at radius 3 is 2.75 bits per heavy atom. The molecule has 0 spiro atoms. The molecular formula is C12H16. The Labute approximate surface area is 74.7 Å². The third-order valence-corrected chi connectivity index (χ3v) is 2.80. The first-order valence-electron chi connectivity index (χ1n) is 4.91. The van der Waals surface area contributed by atoms with E-state index in [-0.39, 0.29) is 0 Å². The molecule has 0 radical (unpaired) electrons. The van der Waals surface area contributed by atoms with E-state index in [1.165, 1.54) is 19.3 Å². The normalized spacial score (nSPS) is 28.6. The first kappa shape index (κ1) is 7.85. The van der Waals surface area contributed by atoms with Gasteiger partial charge in [-0.15, -0.1) is 0 Å². The van der Waals surface area contributed by atoms with E-state index in [1.54, 1.807) is 11.1 Å². The molecule has 0 heteroatoms. The molecule has 0 fully saturated rings. The van der Waals surface area contributed by atoms with E-state index < -0.39 is 0 Å². The number of hydrogen-bond donors (Lipinski definition) is 0. The lowest BCUT2D eigenvalue weighted by Crippen LogP contribution is -2.04. The summed E-state index contributed by atoms with van der Waals surface area (Å²) in [7, 11) is 0. The van der Waals surface area contributed by atoms with E-state index in [9.17, 15) is 0 Å². The number of hydrogen-bond acceptors (Lipinski definition) is 0. The van der Waals surface area contributed by atoms with Crippen LogP contribution in [-0.4, -0.2) is 0 Å². The zero-order valence-corrected chi connectivity index (χ0v) is 7.72. The van der Waals surface area contributed by atoms with Crippen molar-refractivity contribution >= 4 is 0 Å². The van der Waals surface area contributed by atoms with E-state index in [0.29, 0.717) is 0 Å². The van der Waals surface area contributed by atoms with Gasteiger partial charge in [-0.2, -0.15) is 0 Å². The van der Waals surface area contributed by atoms with Crippen LogP contribution in [0.4, 0.5) is 0 Å². The molecule has 0 aromatic rings. The minimum Gasteiger partial charge on any atom is -0.0805 e. The SMILES string of the molecule is CC1CCC2=C(C=CCC=C2)C1. The molecule has 0 heterocycles. The van der Waals surface area contributed by atoms with Crippen LogP contribution >= 0.6 is 0 Å². The van der Waals surface area contributed by atoms with Crippen LogP contribution in [0.2, 0.25) is 0 Å². The van der Waals surface area contributed by atoms with Crippen molar-refractivity contribution in [1.82, 2.24) is 0 Å². The van der Waals surface area contributed by atoms with E-state index in [0.717, 1.165) is 12.3 Å². The number of allylic oxidation sites excluding steroid dienone is 6. The largest absolute Gasteiger partial charge is 0.0805 e. The molecule has 2 aliphatic carbocycles. The van der Waals surface area contributed by atoms with Crippen LogP contribution in [0.25, 0.3) is 0 Å². The van der Waals surface area contributed by atoms with Crippen LogP contribution < -0.4 is 0 Å². The molecule has 2 rings (SSSR count). The third-order valence-electron chi connectivity index (χ3n) is 2.80. The zero-order valence-electron chi connectivity index (χ0n) is 7.72. The average Bonchev–Trinajstić information content (AvgIpc) is 2.28. The Balaban J connectivity index is 2.27. The van der Waals surface area contributed by atoms with Crippen molar-refractivity contribution in [1.29, 1.82) is 0 Å². The molecule has 0 nitrogen and oxygen atoms in total. The second-order valence-electron chi connectivity index (χ2n) is 3.94. The van der Waals surface area contributed by atoms with Gasteiger partial charge >= 0.3 is 0 Å². The van der Waals surface area contributed by atoms with Gasteiger partial charge in [0.2, 0.25) is 0 Å². The number of rotatable bonds is 0. The van der Waals surface area contributed by atoms with Crippen molar-refractivity contribution in [2.24, 2.45) is 5.92 Å². The van der Waals surface area contributed by atoms with Gasteiger partial charge in [-0.1, -0.05) is 31.2 Å². The maximum atomic E-state index is 2.35. The topological polar surface area (TPSA) is 0 Å². The van der Waals surface area contributed by atoms with Crippen LogP contribution in [0.3, 0.4) is 0 Å². The van der Waals surface area contributed by atoms with E-state index in [1.807, 2.05) is 0 Å². The minimum atomic E-state index is 0.889. The van der Waals surface area contributed by atoms with Crippen LogP contribution in [0.5, 0.6) is 0 Å². The third kappa shape index (κ3) is 1.52. The Bertz CT molecular complexity index is 253. The van der Waals surface area contributed by atoms with Crippen molar-refractivity contribution < 1.29 is 0 Å². The fraction of sp³-hybridized carbons (Fsp3) is 0.500. The molecule has 12 heavy (non-hydrogen) atoms. The van der Waals surface area contributed by atoms with Gasteiger partial charge in [-0.3, -0.25) is 0 Å². The lowest BCUT2D eigenvalue weighted by atomic mass is 9.85. The van der Waals surface area contributed by atoms with Crippen LogP contribution in [0.1, 0.15) is 32.6 Å². The van der Waals surface area contributed by atoms with Gasteiger partial charge in [-0.05, 0) is 42.7 Å². The van der Waals surface area contributed by atoms with Crippen LogP contribution in [0.15, 0.2) is 35.5 Å². The highest BCUT2D eigenvalue weighted by molar-refractivity contribution is 5.37. The second-order valence-corrected chi connectivity index (χ2v) is 3.94. The molecule has 2 aliphatic rings. The maximum Gasteiger partial charge on any atom is -0.0163 e. The summed E-state index contributed by atoms with van der Waals surface area (Å²) in [6.45, 7) is 2.35. The summed E-state index contributed by atoms with van der Waals surface area (Å²) in [4.78, 5) is 0. The van der Waals surface area contributed by atoms with Crippen molar-refractivity contribution in [2.75, 3.05) is 0 Å². The fourth-order valence-electron chi connectivity index (χ4n) is 2.04. The van der Waals surface area contributed by atoms with E-state index in [2.05, 4.69) is 31.2 Å². The summed E-state index contributed by atoms with van der Waals surface area (Å²) in [5.41, 5.74) is 3.17. The van der Waals surface area contributed by atoms with Gasteiger partial charge in [0, 0.05) is 0 Å². The Morgan fingerprint density at radius 1 is 1.17 bits per heavy atom. The molecule has 0 saturated heterocycles. The van der Waals surface area contributed by atoms with Gasteiger partial charge in [0.1, 0.15) is 0 Å². The van der Waals surface area contributed by atoms with E-state index in [4.69, 9.17) is 0 Å². The van der Waals surface area contributed by atoms with Gasteiger partial charge < -0.3 is 0 Å². The van der Waals surface area contributed by atoms with E-state index >= 15 is 0 Å². The summed E-state index contributed by atoms with van der Waals surface area (Å²) in [5, 5.41) is 0. The summed E-state index contributed by atoms with van der Waals surface area (Å²) in [5.74, 6) is 0.889. The minimum absolute atomic E-state index is 0.889. The monoisotopic (exact) mass is 160 g/mol. The van der Waals surface area contributed by atoms with Crippen LogP contribution in [-0.2, 0) is 0 Å². The molecule has 0 bridgehead atoms. The van der Waals surface area contributed by atoms with Gasteiger partial charge in [0.25, 0.3) is 0 Å². The molecule has 0 aromatic carbocycles. The maximum absolute atomic E-state index is 2.35. The highest BCUT2D eigenvalue weighted by Gasteiger charge is 2.14.